The zero-order valence-electron chi connectivity index (χ0n) is 15.0. The molecule has 136 valence electrons. The summed E-state index contributed by atoms with van der Waals surface area (Å²) >= 11 is 0. The van der Waals surface area contributed by atoms with E-state index >= 15 is 0 Å². The number of nitrogens with zero attached hydrogens (tertiary/aromatic N) is 2. The highest BCUT2D eigenvalue weighted by atomic mass is 19.1. The lowest BCUT2D eigenvalue weighted by Crippen LogP contribution is -2.35. The first-order chi connectivity index (χ1) is 12.8. The molecule has 1 aliphatic heterocycles. The van der Waals surface area contributed by atoms with Gasteiger partial charge in [0.1, 0.15) is 5.82 Å². The Morgan fingerprint density at radius 3 is 2.65 bits per heavy atom. The van der Waals surface area contributed by atoms with Crippen LogP contribution in [0.2, 0.25) is 0 Å². The van der Waals surface area contributed by atoms with E-state index in [1.165, 1.54) is 43.6 Å². The summed E-state index contributed by atoms with van der Waals surface area (Å²) in [5, 5.41) is 5.10. The molecule has 0 atom stereocenters. The first-order valence-corrected chi connectivity index (χ1v) is 9.58. The van der Waals surface area contributed by atoms with E-state index in [0.29, 0.717) is 5.58 Å². The Kier molecular flexibility index (Phi) is 5.30. The average molecular weight is 352 g/mol. The van der Waals surface area contributed by atoms with Gasteiger partial charge in [-0.25, -0.2) is 4.39 Å². The molecule has 0 bridgehead atoms. The maximum absolute atomic E-state index is 13.2. The van der Waals surface area contributed by atoms with Gasteiger partial charge >= 0.3 is 0 Å². The summed E-state index contributed by atoms with van der Waals surface area (Å²) in [7, 11) is 0. The fourth-order valence-electron chi connectivity index (χ4n) is 3.92. The van der Waals surface area contributed by atoms with Crippen LogP contribution in [0.15, 0.2) is 53.1 Å². The van der Waals surface area contributed by atoms with E-state index in [4.69, 9.17) is 4.52 Å². The van der Waals surface area contributed by atoms with Crippen LogP contribution >= 0.6 is 0 Å². The van der Waals surface area contributed by atoms with Crippen molar-refractivity contribution in [1.29, 1.82) is 0 Å². The van der Waals surface area contributed by atoms with E-state index in [1.54, 1.807) is 6.07 Å². The van der Waals surface area contributed by atoms with E-state index < -0.39 is 0 Å². The SMILES string of the molecule is Fc1ccc2c(CCC3CCN(CCc4ccccc4)CC3)noc2c1. The van der Waals surface area contributed by atoms with Gasteiger partial charge in [-0.05, 0) is 68.8 Å². The Hall–Kier alpha value is -2.20. The maximum Gasteiger partial charge on any atom is 0.170 e. The second kappa shape index (κ2) is 8.00. The topological polar surface area (TPSA) is 29.3 Å². The van der Waals surface area contributed by atoms with Gasteiger partial charge in [-0.3, -0.25) is 0 Å². The number of likely N-dealkylation sites (tertiary alicyclic amines) is 1. The number of piperidine rings is 1. The van der Waals surface area contributed by atoms with Gasteiger partial charge in [-0.15, -0.1) is 0 Å². The predicted molar refractivity (Wildman–Crippen MR) is 102 cm³/mol. The van der Waals surface area contributed by atoms with Crippen LogP contribution < -0.4 is 0 Å². The standard InChI is InChI=1S/C22H25FN2O/c23-19-7-8-20-21(24-26-22(20)16-19)9-6-18-11-14-25(15-12-18)13-10-17-4-2-1-3-5-17/h1-5,7-8,16,18H,6,9-15H2. The van der Waals surface area contributed by atoms with Gasteiger partial charge in [0.25, 0.3) is 0 Å². The monoisotopic (exact) mass is 352 g/mol. The van der Waals surface area contributed by atoms with Crippen molar-refractivity contribution in [1.82, 2.24) is 10.1 Å². The molecule has 2 aromatic carbocycles. The summed E-state index contributed by atoms with van der Waals surface area (Å²) in [5.41, 5.74) is 2.94. The maximum atomic E-state index is 13.2. The van der Waals surface area contributed by atoms with Gasteiger partial charge in [0.05, 0.1) is 5.69 Å². The van der Waals surface area contributed by atoms with Crippen LogP contribution in [0.3, 0.4) is 0 Å². The first-order valence-electron chi connectivity index (χ1n) is 9.58. The van der Waals surface area contributed by atoms with Crippen LogP contribution in [-0.2, 0) is 12.8 Å². The molecule has 0 unspecified atom stereocenters. The molecule has 0 saturated carbocycles. The number of aryl methyl sites for hydroxylation is 1. The molecular formula is C22H25FN2O. The highest BCUT2D eigenvalue weighted by molar-refractivity contribution is 5.79. The Morgan fingerprint density at radius 1 is 1.04 bits per heavy atom. The first kappa shape index (κ1) is 17.2. The van der Waals surface area contributed by atoms with Crippen molar-refractivity contribution in [3.63, 3.8) is 0 Å². The zero-order valence-corrected chi connectivity index (χ0v) is 15.0. The highest BCUT2D eigenvalue weighted by Gasteiger charge is 2.20. The average Bonchev–Trinajstić information content (AvgIpc) is 3.08. The Morgan fingerprint density at radius 2 is 1.85 bits per heavy atom. The number of rotatable bonds is 6. The van der Waals surface area contributed by atoms with Crippen molar-refractivity contribution in [3.05, 3.63) is 65.6 Å². The number of fused-ring (bicyclic) bond motifs is 1. The molecule has 3 nitrogen and oxygen atoms in total. The van der Waals surface area contributed by atoms with E-state index in [2.05, 4.69) is 40.4 Å². The number of aromatic nitrogens is 1. The molecule has 0 radical (unpaired) electrons. The molecule has 26 heavy (non-hydrogen) atoms. The van der Waals surface area contributed by atoms with Crippen LogP contribution in [0.25, 0.3) is 11.0 Å². The third-order valence-electron chi connectivity index (χ3n) is 5.56. The van der Waals surface area contributed by atoms with E-state index in [-0.39, 0.29) is 5.82 Å². The Bertz CT molecular complexity index is 838. The summed E-state index contributed by atoms with van der Waals surface area (Å²) in [4.78, 5) is 2.58. The third kappa shape index (κ3) is 4.13. The second-order valence-electron chi connectivity index (χ2n) is 7.33. The number of halogens is 1. The molecule has 0 spiro atoms. The van der Waals surface area contributed by atoms with Gasteiger partial charge in [0, 0.05) is 18.0 Å². The zero-order chi connectivity index (χ0) is 17.8. The molecule has 3 aromatic rings. The molecule has 2 heterocycles. The molecular weight excluding hydrogens is 327 g/mol. The van der Waals surface area contributed by atoms with Crippen molar-refractivity contribution >= 4 is 11.0 Å². The number of hydrogen-bond acceptors (Lipinski definition) is 3. The normalized spacial score (nSPS) is 16.3. The molecule has 0 N–H and O–H groups in total. The van der Waals surface area contributed by atoms with Crippen molar-refractivity contribution in [3.8, 4) is 0 Å². The van der Waals surface area contributed by atoms with E-state index in [0.717, 1.165) is 42.8 Å². The molecule has 0 amide bonds. The minimum atomic E-state index is -0.275. The van der Waals surface area contributed by atoms with Gasteiger partial charge in [-0.2, -0.15) is 0 Å². The number of benzene rings is 2. The van der Waals surface area contributed by atoms with E-state index in [9.17, 15) is 4.39 Å². The lowest BCUT2D eigenvalue weighted by Gasteiger charge is -2.31. The van der Waals surface area contributed by atoms with E-state index in [1.807, 2.05) is 0 Å². The number of hydrogen-bond donors (Lipinski definition) is 0. The van der Waals surface area contributed by atoms with Crippen LogP contribution in [0.5, 0.6) is 0 Å². The second-order valence-corrected chi connectivity index (χ2v) is 7.33. The quantitative estimate of drug-likeness (QED) is 0.635. The summed E-state index contributed by atoms with van der Waals surface area (Å²) < 4.78 is 18.5. The summed E-state index contributed by atoms with van der Waals surface area (Å²) in [6.45, 7) is 3.51. The van der Waals surface area contributed by atoms with Gasteiger partial charge < -0.3 is 9.42 Å². The Labute approximate surface area is 153 Å². The van der Waals surface area contributed by atoms with Crippen molar-refractivity contribution in [2.75, 3.05) is 19.6 Å². The summed E-state index contributed by atoms with van der Waals surface area (Å²) in [5.74, 6) is 0.471. The summed E-state index contributed by atoms with van der Waals surface area (Å²) in [6, 6.07) is 15.4. The molecule has 1 aliphatic rings. The third-order valence-corrected chi connectivity index (χ3v) is 5.56. The lowest BCUT2D eigenvalue weighted by atomic mass is 9.91. The molecule has 1 saturated heterocycles. The van der Waals surface area contributed by atoms with Gasteiger partial charge in [0.15, 0.2) is 5.58 Å². The molecule has 1 aromatic heterocycles. The highest BCUT2D eigenvalue weighted by Crippen LogP contribution is 2.25. The van der Waals surface area contributed by atoms with Gasteiger partial charge in [0.2, 0.25) is 0 Å². The van der Waals surface area contributed by atoms with Crippen LogP contribution in [0, 0.1) is 11.7 Å². The lowest BCUT2D eigenvalue weighted by molar-refractivity contribution is 0.180. The molecule has 0 aliphatic carbocycles. The summed E-state index contributed by atoms with van der Waals surface area (Å²) in [6.07, 6.45) is 5.67. The fourth-order valence-corrected chi connectivity index (χ4v) is 3.92. The molecule has 4 heteroatoms. The minimum Gasteiger partial charge on any atom is -0.356 e. The van der Waals surface area contributed by atoms with Crippen LogP contribution in [0.4, 0.5) is 4.39 Å². The molecule has 1 fully saturated rings. The van der Waals surface area contributed by atoms with Crippen LogP contribution in [-0.4, -0.2) is 29.7 Å². The van der Waals surface area contributed by atoms with Crippen LogP contribution in [0.1, 0.15) is 30.5 Å². The molecule has 4 rings (SSSR count). The smallest absolute Gasteiger partial charge is 0.170 e. The Balaban J connectivity index is 1.23. The van der Waals surface area contributed by atoms with Crippen molar-refractivity contribution in [2.45, 2.75) is 32.1 Å². The largest absolute Gasteiger partial charge is 0.356 e. The van der Waals surface area contributed by atoms with Gasteiger partial charge in [-0.1, -0.05) is 35.5 Å². The minimum absolute atomic E-state index is 0.275. The predicted octanol–water partition coefficient (Wildman–Crippen LogP) is 4.85. The van der Waals surface area contributed by atoms with Crippen molar-refractivity contribution < 1.29 is 8.91 Å². The van der Waals surface area contributed by atoms with Crippen molar-refractivity contribution in [2.24, 2.45) is 5.92 Å². The fraction of sp³-hybridized carbons (Fsp3) is 0.409.